The Morgan fingerprint density at radius 3 is 2.71 bits per heavy atom. The van der Waals surface area contributed by atoms with Gasteiger partial charge in [0.25, 0.3) is 5.91 Å². The van der Waals surface area contributed by atoms with Crippen LogP contribution in [0.2, 0.25) is 0 Å². The van der Waals surface area contributed by atoms with E-state index in [0.29, 0.717) is 0 Å². The van der Waals surface area contributed by atoms with E-state index in [1.54, 1.807) is 0 Å². The van der Waals surface area contributed by atoms with Gasteiger partial charge in [-0.1, -0.05) is 38.2 Å². The van der Waals surface area contributed by atoms with E-state index in [1.165, 1.54) is 5.57 Å². The summed E-state index contributed by atoms with van der Waals surface area (Å²) in [5, 5.41) is 2.83. The number of hydrogen-bond acceptors (Lipinski definition) is 1. The normalized spacial score (nSPS) is 19.1. The molecule has 0 saturated heterocycles. The maximum Gasteiger partial charge on any atom is 0.251 e. The van der Waals surface area contributed by atoms with Gasteiger partial charge in [0.15, 0.2) is 0 Å². The minimum absolute atomic E-state index is 0.0686. The van der Waals surface area contributed by atoms with Crippen molar-refractivity contribution >= 4 is 5.91 Å². The molecule has 0 spiro atoms. The fourth-order valence-corrected chi connectivity index (χ4v) is 1.52. The van der Waals surface area contributed by atoms with Crippen molar-refractivity contribution in [3.8, 4) is 0 Å². The second-order valence-corrected chi connectivity index (χ2v) is 2.99. The van der Waals surface area contributed by atoms with Gasteiger partial charge in [-0.05, 0) is 18.4 Å². The third-order valence-corrected chi connectivity index (χ3v) is 2.15. The van der Waals surface area contributed by atoms with Gasteiger partial charge in [-0.2, -0.15) is 0 Å². The predicted octanol–water partition coefficient (Wildman–Crippen LogP) is 2.35. The second-order valence-electron chi connectivity index (χ2n) is 2.99. The summed E-state index contributed by atoms with van der Waals surface area (Å²) in [6, 6.07) is 0. The molecule has 0 aromatic heterocycles. The summed E-state index contributed by atoms with van der Waals surface area (Å²) in [4.78, 5) is 11.3. The smallest absolute Gasteiger partial charge is 0.251 e. The monoisotopic (exact) mass is 191 g/mol. The number of amides is 1. The lowest BCUT2D eigenvalue weighted by molar-refractivity contribution is -0.117. The highest BCUT2D eigenvalue weighted by atomic mass is 16.1. The molecule has 2 rings (SSSR count). The van der Waals surface area contributed by atoms with E-state index in [1.807, 2.05) is 26.0 Å². The lowest BCUT2D eigenvalue weighted by atomic mass is 10.0. The van der Waals surface area contributed by atoms with Gasteiger partial charge in [-0.15, -0.1) is 0 Å². The molecule has 1 aliphatic heterocycles. The van der Waals surface area contributed by atoms with Gasteiger partial charge in [0.2, 0.25) is 0 Å². The summed E-state index contributed by atoms with van der Waals surface area (Å²) in [7, 11) is 0. The van der Waals surface area contributed by atoms with Gasteiger partial charge in [0.1, 0.15) is 0 Å². The molecular weight excluding hydrogens is 174 g/mol. The summed E-state index contributed by atoms with van der Waals surface area (Å²) in [6.45, 7) is 4.77. The lowest BCUT2D eigenvalue weighted by Gasteiger charge is -2.15. The van der Waals surface area contributed by atoms with Crippen molar-refractivity contribution in [2.24, 2.45) is 0 Å². The van der Waals surface area contributed by atoms with Crippen molar-refractivity contribution in [1.29, 1.82) is 0 Å². The zero-order chi connectivity index (χ0) is 10.4. The van der Waals surface area contributed by atoms with Crippen LogP contribution in [0.4, 0.5) is 0 Å². The van der Waals surface area contributed by atoms with Crippen LogP contribution in [0.3, 0.4) is 0 Å². The minimum atomic E-state index is 0.0686. The molecule has 1 N–H and O–H groups in total. The second kappa shape index (κ2) is 5.43. The molecule has 1 amide bonds. The van der Waals surface area contributed by atoms with Crippen LogP contribution < -0.4 is 5.32 Å². The number of rotatable bonds is 0. The third-order valence-electron chi connectivity index (χ3n) is 2.15. The molecule has 0 radical (unpaired) electrons. The largest absolute Gasteiger partial charge is 0.352 e. The summed E-state index contributed by atoms with van der Waals surface area (Å²) in [6.07, 6.45) is 9.99. The molecule has 0 unspecified atom stereocenters. The van der Waals surface area contributed by atoms with Gasteiger partial charge in [0, 0.05) is 12.1 Å². The quantitative estimate of drug-likeness (QED) is 0.625. The fourth-order valence-electron chi connectivity index (χ4n) is 1.52. The van der Waals surface area contributed by atoms with Crippen molar-refractivity contribution < 1.29 is 4.79 Å². The first-order valence-electron chi connectivity index (χ1n) is 5.22. The summed E-state index contributed by atoms with van der Waals surface area (Å²) >= 11 is 0. The Bertz CT molecular complexity index is 297. The Kier molecular flexibility index (Phi) is 4.17. The first-order valence-corrected chi connectivity index (χ1v) is 5.22. The fraction of sp³-hybridized carbons (Fsp3) is 0.417. The molecular formula is C12H17NO. The highest BCUT2D eigenvalue weighted by Crippen LogP contribution is 2.18. The number of nitrogens with one attached hydrogen (secondary N) is 1. The van der Waals surface area contributed by atoms with E-state index in [0.717, 1.165) is 25.0 Å². The average Bonchev–Trinajstić information content (AvgIpc) is 2.47. The number of allylic oxidation sites excluding steroid dienone is 3. The van der Waals surface area contributed by atoms with E-state index in [-0.39, 0.29) is 5.91 Å². The minimum Gasteiger partial charge on any atom is -0.352 e. The van der Waals surface area contributed by atoms with E-state index < -0.39 is 0 Å². The van der Waals surface area contributed by atoms with E-state index in [2.05, 4.69) is 17.5 Å². The van der Waals surface area contributed by atoms with E-state index in [4.69, 9.17) is 0 Å². The van der Waals surface area contributed by atoms with Gasteiger partial charge < -0.3 is 5.32 Å². The van der Waals surface area contributed by atoms with Crippen LogP contribution >= 0.6 is 0 Å². The van der Waals surface area contributed by atoms with E-state index in [9.17, 15) is 4.79 Å². The SMILES string of the molecule is CC.O=C1NCCC2=C1C=CCC=C2. The molecule has 1 aliphatic carbocycles. The van der Waals surface area contributed by atoms with Crippen LogP contribution in [0.5, 0.6) is 0 Å². The van der Waals surface area contributed by atoms with Gasteiger partial charge in [-0.3, -0.25) is 4.79 Å². The maximum absolute atomic E-state index is 11.3. The summed E-state index contributed by atoms with van der Waals surface area (Å²) < 4.78 is 0. The van der Waals surface area contributed by atoms with Crippen molar-refractivity contribution in [1.82, 2.24) is 5.32 Å². The summed E-state index contributed by atoms with van der Waals surface area (Å²) in [5.74, 6) is 0.0686. The zero-order valence-corrected chi connectivity index (χ0v) is 8.84. The highest BCUT2D eigenvalue weighted by molar-refractivity contribution is 5.98. The molecule has 0 aromatic carbocycles. The Morgan fingerprint density at radius 2 is 1.93 bits per heavy atom. The van der Waals surface area contributed by atoms with Crippen molar-refractivity contribution in [2.45, 2.75) is 26.7 Å². The van der Waals surface area contributed by atoms with Crippen molar-refractivity contribution in [2.75, 3.05) is 6.54 Å². The third kappa shape index (κ3) is 2.34. The molecule has 2 heteroatoms. The van der Waals surface area contributed by atoms with Crippen molar-refractivity contribution in [3.05, 3.63) is 35.5 Å². The molecule has 0 atom stereocenters. The number of hydrogen-bond donors (Lipinski definition) is 1. The van der Waals surface area contributed by atoms with Gasteiger partial charge in [-0.25, -0.2) is 0 Å². The highest BCUT2D eigenvalue weighted by Gasteiger charge is 2.16. The van der Waals surface area contributed by atoms with Crippen LogP contribution in [-0.4, -0.2) is 12.5 Å². The first kappa shape index (κ1) is 10.8. The molecule has 0 saturated carbocycles. The Hall–Kier alpha value is -1.31. The van der Waals surface area contributed by atoms with Crippen LogP contribution in [0.15, 0.2) is 35.5 Å². The molecule has 0 aromatic rings. The molecule has 0 bridgehead atoms. The standard InChI is InChI=1S/C10H11NO.C2H6/c12-10-9-5-3-1-2-4-8(9)6-7-11-10;1-2/h2-5H,1,6-7H2,(H,11,12);1-2H3. The van der Waals surface area contributed by atoms with E-state index >= 15 is 0 Å². The van der Waals surface area contributed by atoms with Gasteiger partial charge >= 0.3 is 0 Å². The first-order chi connectivity index (χ1) is 6.88. The number of carbonyl (C=O) groups excluding carboxylic acids is 1. The topological polar surface area (TPSA) is 29.1 Å². The van der Waals surface area contributed by atoms with Crippen molar-refractivity contribution in [3.63, 3.8) is 0 Å². The van der Waals surface area contributed by atoms with Gasteiger partial charge in [0.05, 0.1) is 0 Å². The Labute approximate surface area is 85.4 Å². The molecule has 1 heterocycles. The molecule has 2 aliphatic rings. The Balaban J connectivity index is 0.000000461. The zero-order valence-electron chi connectivity index (χ0n) is 8.84. The lowest BCUT2D eigenvalue weighted by Crippen LogP contribution is -2.30. The number of carbonyl (C=O) groups is 1. The van der Waals surface area contributed by atoms with Crippen LogP contribution in [0.1, 0.15) is 26.7 Å². The predicted molar refractivity (Wildman–Crippen MR) is 58.9 cm³/mol. The van der Waals surface area contributed by atoms with Crippen LogP contribution in [-0.2, 0) is 4.79 Å². The van der Waals surface area contributed by atoms with Crippen LogP contribution in [0, 0.1) is 0 Å². The average molecular weight is 191 g/mol. The molecule has 2 nitrogen and oxygen atoms in total. The molecule has 76 valence electrons. The maximum atomic E-state index is 11.3. The molecule has 0 fully saturated rings. The Morgan fingerprint density at radius 1 is 1.21 bits per heavy atom. The summed E-state index contributed by atoms with van der Waals surface area (Å²) in [5.41, 5.74) is 2.02. The van der Waals surface area contributed by atoms with Crippen LogP contribution in [0.25, 0.3) is 0 Å². The molecule has 14 heavy (non-hydrogen) atoms.